The zero-order chi connectivity index (χ0) is 15.9. The van der Waals surface area contributed by atoms with Crippen molar-refractivity contribution in [3.05, 3.63) is 54.6 Å². The molecule has 23 heavy (non-hydrogen) atoms. The Morgan fingerprint density at radius 2 is 1.30 bits per heavy atom. The minimum absolute atomic E-state index is 0.261. The lowest BCUT2D eigenvalue weighted by molar-refractivity contribution is 0.154. The van der Waals surface area contributed by atoms with E-state index in [0.29, 0.717) is 11.5 Å². The Kier molecular flexibility index (Phi) is 5.14. The van der Waals surface area contributed by atoms with Gasteiger partial charge >= 0.3 is 6.09 Å². The molecule has 3 rings (SSSR count). The molecule has 1 heterocycles. The molecule has 120 valence electrons. The summed E-state index contributed by atoms with van der Waals surface area (Å²) in [6, 6.07) is 16.7. The first-order chi connectivity index (χ1) is 11.3. The highest BCUT2D eigenvalue weighted by atomic mass is 16.6. The summed E-state index contributed by atoms with van der Waals surface area (Å²) in [6.07, 6.45) is 4.23. The number of carbonyl (C=O) groups is 1. The van der Waals surface area contributed by atoms with Crippen molar-refractivity contribution in [3.63, 3.8) is 0 Å². The molecule has 1 amide bonds. The number of benzene rings is 2. The van der Waals surface area contributed by atoms with Crippen molar-refractivity contribution in [2.45, 2.75) is 25.7 Å². The third-order valence-corrected chi connectivity index (χ3v) is 3.87. The van der Waals surface area contributed by atoms with Crippen LogP contribution in [0.3, 0.4) is 0 Å². The Morgan fingerprint density at radius 3 is 1.96 bits per heavy atom. The van der Waals surface area contributed by atoms with Crippen molar-refractivity contribution in [1.82, 2.24) is 4.90 Å². The molecule has 1 aliphatic heterocycles. The second-order valence-corrected chi connectivity index (χ2v) is 5.66. The van der Waals surface area contributed by atoms with Gasteiger partial charge in [0.1, 0.15) is 17.2 Å². The molecular formula is C19H21NO3. The van der Waals surface area contributed by atoms with E-state index in [1.165, 1.54) is 12.8 Å². The molecule has 2 aromatic rings. The third kappa shape index (κ3) is 4.49. The number of nitrogens with zero attached hydrogens (tertiary/aromatic N) is 1. The summed E-state index contributed by atoms with van der Waals surface area (Å²) in [4.78, 5) is 14.0. The molecule has 0 N–H and O–H groups in total. The number of para-hydroxylation sites is 1. The molecule has 0 aromatic heterocycles. The van der Waals surface area contributed by atoms with Crippen LogP contribution < -0.4 is 9.47 Å². The highest BCUT2D eigenvalue weighted by Crippen LogP contribution is 2.24. The molecular weight excluding hydrogens is 290 g/mol. The van der Waals surface area contributed by atoms with Crippen LogP contribution in [0.15, 0.2) is 54.6 Å². The van der Waals surface area contributed by atoms with Gasteiger partial charge in [0.25, 0.3) is 0 Å². The Labute approximate surface area is 136 Å². The maximum atomic E-state index is 12.2. The predicted molar refractivity (Wildman–Crippen MR) is 89.0 cm³/mol. The van der Waals surface area contributed by atoms with Crippen LogP contribution in [-0.4, -0.2) is 24.1 Å². The monoisotopic (exact) mass is 311 g/mol. The average molecular weight is 311 g/mol. The number of hydrogen-bond acceptors (Lipinski definition) is 3. The quantitative estimate of drug-likeness (QED) is 0.813. The van der Waals surface area contributed by atoms with Crippen molar-refractivity contribution >= 4 is 6.09 Å². The molecule has 1 fully saturated rings. The van der Waals surface area contributed by atoms with Crippen LogP contribution in [0.5, 0.6) is 17.2 Å². The van der Waals surface area contributed by atoms with E-state index >= 15 is 0 Å². The second kappa shape index (κ2) is 7.68. The standard InChI is InChI=1S/C19H21NO3/c21-19(20-14-6-1-2-7-15-20)23-18-12-10-17(11-13-18)22-16-8-4-3-5-9-16/h3-5,8-13H,1-2,6-7,14-15H2. The molecule has 0 aliphatic carbocycles. The van der Waals surface area contributed by atoms with E-state index < -0.39 is 0 Å². The predicted octanol–water partition coefficient (Wildman–Crippen LogP) is 4.85. The van der Waals surface area contributed by atoms with Crippen LogP contribution in [0.4, 0.5) is 4.79 Å². The van der Waals surface area contributed by atoms with Crippen molar-refractivity contribution in [2.24, 2.45) is 0 Å². The zero-order valence-corrected chi connectivity index (χ0v) is 13.1. The van der Waals surface area contributed by atoms with Gasteiger partial charge in [0, 0.05) is 13.1 Å². The zero-order valence-electron chi connectivity index (χ0n) is 13.1. The van der Waals surface area contributed by atoms with Gasteiger partial charge in [-0.15, -0.1) is 0 Å². The van der Waals surface area contributed by atoms with Gasteiger partial charge in [-0.2, -0.15) is 0 Å². The number of ether oxygens (including phenoxy) is 2. The summed E-state index contributed by atoms with van der Waals surface area (Å²) < 4.78 is 11.2. The van der Waals surface area contributed by atoms with Gasteiger partial charge in [0.05, 0.1) is 0 Å². The number of carbonyl (C=O) groups excluding carboxylic acids is 1. The molecule has 4 heteroatoms. The first-order valence-electron chi connectivity index (χ1n) is 8.11. The molecule has 0 radical (unpaired) electrons. The maximum Gasteiger partial charge on any atom is 0.415 e. The number of rotatable bonds is 3. The topological polar surface area (TPSA) is 38.8 Å². The SMILES string of the molecule is O=C(Oc1ccc(Oc2ccccc2)cc1)N1CCCCCC1. The molecule has 4 nitrogen and oxygen atoms in total. The summed E-state index contributed by atoms with van der Waals surface area (Å²) in [5.41, 5.74) is 0. The number of likely N-dealkylation sites (tertiary alicyclic amines) is 1. The van der Waals surface area contributed by atoms with E-state index in [1.807, 2.05) is 30.3 Å². The minimum atomic E-state index is -0.261. The van der Waals surface area contributed by atoms with Crippen LogP contribution in [-0.2, 0) is 0 Å². The van der Waals surface area contributed by atoms with Crippen molar-refractivity contribution in [2.75, 3.05) is 13.1 Å². The van der Waals surface area contributed by atoms with E-state index in [-0.39, 0.29) is 6.09 Å². The van der Waals surface area contributed by atoms with Crippen LogP contribution in [0.2, 0.25) is 0 Å². The fraction of sp³-hybridized carbons (Fsp3) is 0.316. The average Bonchev–Trinajstić information content (AvgIpc) is 2.87. The van der Waals surface area contributed by atoms with Gasteiger partial charge in [-0.1, -0.05) is 31.0 Å². The lowest BCUT2D eigenvalue weighted by atomic mass is 10.2. The summed E-state index contributed by atoms with van der Waals surface area (Å²) in [5, 5.41) is 0. The molecule has 0 saturated carbocycles. The molecule has 2 aromatic carbocycles. The summed E-state index contributed by atoms with van der Waals surface area (Å²) in [6.45, 7) is 1.57. The van der Waals surface area contributed by atoms with Crippen LogP contribution >= 0.6 is 0 Å². The summed E-state index contributed by atoms with van der Waals surface area (Å²) >= 11 is 0. The van der Waals surface area contributed by atoms with E-state index in [9.17, 15) is 4.79 Å². The lowest BCUT2D eigenvalue weighted by Gasteiger charge is -2.19. The second-order valence-electron chi connectivity index (χ2n) is 5.66. The van der Waals surface area contributed by atoms with Crippen LogP contribution in [0, 0.1) is 0 Å². The van der Waals surface area contributed by atoms with E-state index in [1.54, 1.807) is 29.2 Å². The van der Waals surface area contributed by atoms with Crippen LogP contribution in [0.25, 0.3) is 0 Å². The van der Waals surface area contributed by atoms with Gasteiger partial charge in [-0.25, -0.2) is 4.79 Å². The van der Waals surface area contributed by atoms with Crippen molar-refractivity contribution in [1.29, 1.82) is 0 Å². The van der Waals surface area contributed by atoms with Crippen molar-refractivity contribution < 1.29 is 14.3 Å². The third-order valence-electron chi connectivity index (χ3n) is 3.87. The Balaban J connectivity index is 1.57. The number of amides is 1. The fourth-order valence-electron chi connectivity index (χ4n) is 2.62. The molecule has 0 bridgehead atoms. The highest BCUT2D eigenvalue weighted by molar-refractivity contribution is 5.70. The largest absolute Gasteiger partial charge is 0.457 e. The minimum Gasteiger partial charge on any atom is -0.457 e. The van der Waals surface area contributed by atoms with E-state index in [2.05, 4.69) is 0 Å². The first-order valence-corrected chi connectivity index (χ1v) is 8.11. The maximum absolute atomic E-state index is 12.2. The fourth-order valence-corrected chi connectivity index (χ4v) is 2.62. The lowest BCUT2D eigenvalue weighted by Crippen LogP contribution is -2.34. The van der Waals surface area contributed by atoms with Gasteiger partial charge in [0.2, 0.25) is 0 Å². The Morgan fingerprint density at radius 1 is 0.739 bits per heavy atom. The Hall–Kier alpha value is -2.49. The van der Waals surface area contributed by atoms with Gasteiger partial charge < -0.3 is 14.4 Å². The first kappa shape index (κ1) is 15.4. The Bertz CT molecular complexity index is 617. The van der Waals surface area contributed by atoms with Crippen molar-refractivity contribution in [3.8, 4) is 17.2 Å². The van der Waals surface area contributed by atoms with Gasteiger partial charge in [-0.3, -0.25) is 0 Å². The van der Waals surface area contributed by atoms with E-state index in [4.69, 9.17) is 9.47 Å². The molecule has 1 aliphatic rings. The smallest absolute Gasteiger partial charge is 0.415 e. The highest BCUT2D eigenvalue weighted by Gasteiger charge is 2.17. The normalized spacial score (nSPS) is 14.9. The number of hydrogen-bond donors (Lipinski definition) is 0. The van der Waals surface area contributed by atoms with E-state index in [0.717, 1.165) is 31.7 Å². The van der Waals surface area contributed by atoms with Crippen LogP contribution in [0.1, 0.15) is 25.7 Å². The molecule has 0 unspecified atom stereocenters. The molecule has 0 spiro atoms. The molecule has 0 atom stereocenters. The van der Waals surface area contributed by atoms with Gasteiger partial charge in [-0.05, 0) is 49.2 Å². The van der Waals surface area contributed by atoms with Gasteiger partial charge in [0.15, 0.2) is 0 Å². The summed E-state index contributed by atoms with van der Waals surface area (Å²) in [7, 11) is 0. The summed E-state index contributed by atoms with van der Waals surface area (Å²) in [5.74, 6) is 2.03. The molecule has 1 saturated heterocycles.